The highest BCUT2D eigenvalue weighted by Crippen LogP contribution is 2.52. The molecule has 0 amide bonds. The molecule has 0 saturated carbocycles. The Balaban J connectivity index is 1.17. The summed E-state index contributed by atoms with van der Waals surface area (Å²) < 4.78 is 12.8. The minimum Gasteiger partial charge on any atom is -0.458 e. The van der Waals surface area contributed by atoms with Crippen molar-refractivity contribution in [1.82, 2.24) is 0 Å². The number of hydrogen-bond donors (Lipinski definition) is 0. The van der Waals surface area contributed by atoms with Crippen LogP contribution in [0.25, 0.3) is 11.1 Å². The van der Waals surface area contributed by atoms with Gasteiger partial charge in [-0.1, -0.05) is 84.6 Å². The van der Waals surface area contributed by atoms with Crippen LogP contribution in [-0.4, -0.2) is 6.71 Å². The first-order valence-corrected chi connectivity index (χ1v) is 14.6. The van der Waals surface area contributed by atoms with Crippen LogP contribution in [0.5, 0.6) is 23.0 Å². The van der Waals surface area contributed by atoms with Crippen molar-refractivity contribution in [2.45, 2.75) is 9.79 Å². The SMILES string of the molecule is c1ccc(N2c3ccccc3Sc3ccc(-c4ccc5c(c4)Oc4cccc6c4B5c4ccccc4O6)cc32)cc1. The average molecular weight is 543 g/mol. The molecule has 6 aromatic carbocycles. The van der Waals surface area contributed by atoms with E-state index in [9.17, 15) is 0 Å². The third kappa shape index (κ3) is 3.49. The van der Waals surface area contributed by atoms with Crippen LogP contribution < -0.4 is 30.8 Å². The molecule has 0 radical (unpaired) electrons. The fourth-order valence-electron chi connectivity index (χ4n) is 6.34. The van der Waals surface area contributed by atoms with E-state index in [1.54, 1.807) is 0 Å². The minimum atomic E-state index is 0.0777. The van der Waals surface area contributed by atoms with Crippen LogP contribution in [0.4, 0.5) is 17.1 Å². The van der Waals surface area contributed by atoms with Crippen molar-refractivity contribution in [2.75, 3.05) is 4.90 Å². The second-order valence-corrected chi connectivity index (χ2v) is 11.6. The molecule has 41 heavy (non-hydrogen) atoms. The largest absolute Gasteiger partial charge is 0.458 e. The molecule has 9 rings (SSSR count). The first-order chi connectivity index (χ1) is 20.3. The van der Waals surface area contributed by atoms with Crippen molar-refractivity contribution < 1.29 is 9.47 Å². The maximum absolute atomic E-state index is 6.56. The Morgan fingerprint density at radius 1 is 0.488 bits per heavy atom. The molecule has 0 atom stereocenters. The molecule has 0 fully saturated rings. The molecule has 0 aliphatic carbocycles. The fraction of sp³-hybridized carbons (Fsp3) is 0. The van der Waals surface area contributed by atoms with E-state index in [0.717, 1.165) is 50.7 Å². The Labute approximate surface area is 243 Å². The van der Waals surface area contributed by atoms with Gasteiger partial charge in [-0.25, -0.2) is 0 Å². The predicted octanol–water partition coefficient (Wildman–Crippen LogP) is 8.02. The molecule has 3 nitrogen and oxygen atoms in total. The van der Waals surface area contributed by atoms with Crippen LogP contribution in [-0.2, 0) is 0 Å². The van der Waals surface area contributed by atoms with Gasteiger partial charge in [0.05, 0.1) is 11.4 Å². The van der Waals surface area contributed by atoms with Gasteiger partial charge in [0.2, 0.25) is 0 Å². The first-order valence-electron chi connectivity index (χ1n) is 13.8. The number of rotatable bonds is 2. The standard InChI is InChI=1S/C36H22BNO2S/c1-2-9-25(10-3-1)38-28-12-5-7-16-34(28)41-35-20-18-23(21-29(35)38)24-17-19-27-33(22-24)40-32-15-8-14-31-36(32)37(27)26-11-4-6-13-30(26)39-31/h1-22H. The van der Waals surface area contributed by atoms with Crippen molar-refractivity contribution in [3.05, 3.63) is 133 Å². The normalized spacial score (nSPS) is 13.6. The average Bonchev–Trinajstić information content (AvgIpc) is 3.03. The lowest BCUT2D eigenvalue weighted by Gasteiger charge is -2.33. The summed E-state index contributed by atoms with van der Waals surface area (Å²) in [7, 11) is 0. The van der Waals surface area contributed by atoms with E-state index in [2.05, 4.69) is 114 Å². The summed E-state index contributed by atoms with van der Waals surface area (Å²) in [4.78, 5) is 4.87. The molecule has 0 spiro atoms. The second kappa shape index (κ2) is 8.82. The van der Waals surface area contributed by atoms with E-state index >= 15 is 0 Å². The van der Waals surface area contributed by atoms with Gasteiger partial charge in [0.15, 0.2) is 0 Å². The van der Waals surface area contributed by atoms with Gasteiger partial charge in [-0.2, -0.15) is 0 Å². The lowest BCUT2D eigenvalue weighted by molar-refractivity contribution is 0.464. The van der Waals surface area contributed by atoms with Crippen LogP contribution in [0.2, 0.25) is 0 Å². The molecule has 6 aromatic rings. The number of fused-ring (bicyclic) bond motifs is 6. The monoisotopic (exact) mass is 543 g/mol. The molecular weight excluding hydrogens is 521 g/mol. The molecule has 5 heteroatoms. The first kappa shape index (κ1) is 22.9. The van der Waals surface area contributed by atoms with E-state index in [1.165, 1.54) is 26.6 Å². The van der Waals surface area contributed by atoms with E-state index in [4.69, 9.17) is 9.47 Å². The highest BCUT2D eigenvalue weighted by molar-refractivity contribution is 7.99. The predicted molar refractivity (Wildman–Crippen MR) is 168 cm³/mol. The highest BCUT2D eigenvalue weighted by atomic mass is 32.2. The lowest BCUT2D eigenvalue weighted by atomic mass is 9.35. The van der Waals surface area contributed by atoms with Gasteiger partial charge in [0, 0.05) is 20.9 Å². The number of benzene rings is 6. The van der Waals surface area contributed by atoms with Crippen LogP contribution in [0.1, 0.15) is 0 Å². The molecule has 192 valence electrons. The number of anilines is 3. The Hall–Kier alpha value is -4.87. The molecule has 0 unspecified atom stereocenters. The van der Waals surface area contributed by atoms with Crippen LogP contribution >= 0.6 is 11.8 Å². The summed E-state index contributed by atoms with van der Waals surface area (Å²) in [5.41, 5.74) is 9.27. The number of hydrogen-bond acceptors (Lipinski definition) is 4. The highest BCUT2D eigenvalue weighted by Gasteiger charge is 2.39. The van der Waals surface area contributed by atoms with Crippen molar-refractivity contribution in [3.8, 4) is 34.1 Å². The van der Waals surface area contributed by atoms with Gasteiger partial charge in [-0.05, 0) is 82.7 Å². The summed E-state index contributed by atoms with van der Waals surface area (Å²) in [5.74, 6) is 3.54. The number of para-hydroxylation sites is 3. The van der Waals surface area contributed by atoms with E-state index in [-0.39, 0.29) is 6.71 Å². The lowest BCUT2D eigenvalue weighted by Crippen LogP contribution is -2.57. The minimum absolute atomic E-state index is 0.0777. The van der Waals surface area contributed by atoms with E-state index in [0.29, 0.717) is 0 Å². The summed E-state index contributed by atoms with van der Waals surface area (Å²) in [5, 5.41) is 0. The van der Waals surface area contributed by atoms with Gasteiger partial charge in [0.25, 0.3) is 6.71 Å². The Kier molecular flexibility index (Phi) is 4.93. The quantitative estimate of drug-likeness (QED) is 0.206. The number of nitrogens with zero attached hydrogens (tertiary/aromatic N) is 1. The maximum Gasteiger partial charge on any atom is 0.260 e. The third-order valence-corrected chi connectivity index (χ3v) is 9.31. The fourth-order valence-corrected chi connectivity index (χ4v) is 7.38. The Bertz CT molecular complexity index is 2010. The van der Waals surface area contributed by atoms with Crippen LogP contribution in [0.3, 0.4) is 0 Å². The van der Waals surface area contributed by atoms with Gasteiger partial charge < -0.3 is 14.4 Å². The number of ether oxygens (including phenoxy) is 2. The summed E-state index contributed by atoms with van der Waals surface area (Å²) in [6, 6.07) is 47.1. The zero-order valence-corrected chi connectivity index (χ0v) is 22.8. The molecule has 3 aliphatic rings. The Morgan fingerprint density at radius 3 is 2.05 bits per heavy atom. The molecule has 3 aliphatic heterocycles. The summed E-state index contributed by atoms with van der Waals surface area (Å²) in [6.45, 7) is 0.0777. The third-order valence-electron chi connectivity index (χ3n) is 8.18. The van der Waals surface area contributed by atoms with Crippen LogP contribution in [0.15, 0.2) is 143 Å². The van der Waals surface area contributed by atoms with Gasteiger partial charge in [-0.3, -0.25) is 0 Å². The molecular formula is C36H22BNO2S. The molecule has 0 saturated heterocycles. The second-order valence-electron chi connectivity index (χ2n) is 10.5. The zero-order chi connectivity index (χ0) is 26.9. The van der Waals surface area contributed by atoms with E-state index < -0.39 is 0 Å². The van der Waals surface area contributed by atoms with Crippen molar-refractivity contribution >= 4 is 51.9 Å². The smallest absolute Gasteiger partial charge is 0.260 e. The molecule has 3 heterocycles. The van der Waals surface area contributed by atoms with Gasteiger partial charge >= 0.3 is 0 Å². The molecule has 0 bridgehead atoms. The topological polar surface area (TPSA) is 21.7 Å². The summed E-state index contributed by atoms with van der Waals surface area (Å²) in [6.07, 6.45) is 0. The molecule has 0 N–H and O–H groups in total. The zero-order valence-electron chi connectivity index (χ0n) is 22.0. The summed E-state index contributed by atoms with van der Waals surface area (Å²) >= 11 is 1.83. The van der Waals surface area contributed by atoms with Gasteiger partial charge in [0.1, 0.15) is 23.0 Å². The van der Waals surface area contributed by atoms with Crippen molar-refractivity contribution in [1.29, 1.82) is 0 Å². The van der Waals surface area contributed by atoms with Crippen LogP contribution in [0, 0.1) is 0 Å². The van der Waals surface area contributed by atoms with Crippen molar-refractivity contribution in [2.24, 2.45) is 0 Å². The molecule has 0 aromatic heterocycles. The van der Waals surface area contributed by atoms with E-state index in [1.807, 2.05) is 36.0 Å². The van der Waals surface area contributed by atoms with Crippen molar-refractivity contribution in [3.63, 3.8) is 0 Å². The Morgan fingerprint density at radius 2 is 1.15 bits per heavy atom. The maximum atomic E-state index is 6.56. The van der Waals surface area contributed by atoms with Gasteiger partial charge in [-0.15, -0.1) is 0 Å².